The van der Waals surface area contributed by atoms with Gasteiger partial charge in [0.05, 0.1) is 5.52 Å². The highest BCUT2D eigenvalue weighted by atomic mass is 79.9. The second-order valence-corrected chi connectivity index (χ2v) is 8.19. The quantitative estimate of drug-likeness (QED) is 0.405. The summed E-state index contributed by atoms with van der Waals surface area (Å²) in [4.78, 5) is 15.3. The molecule has 4 aromatic rings. The zero-order chi connectivity index (χ0) is 18.3. The summed E-state index contributed by atoms with van der Waals surface area (Å²) in [7, 11) is 0. The minimum Gasteiger partial charge on any atom is -0.507 e. The van der Waals surface area contributed by atoms with Crippen LogP contribution >= 0.6 is 27.3 Å². The van der Waals surface area contributed by atoms with Gasteiger partial charge in [0.1, 0.15) is 10.4 Å². The number of hydrogen-bond acceptors (Lipinski definition) is 3. The van der Waals surface area contributed by atoms with Crippen molar-refractivity contribution in [2.75, 3.05) is 0 Å². The molecule has 2 heterocycles. The number of aromatic hydroxyl groups is 1. The van der Waals surface area contributed by atoms with Crippen molar-refractivity contribution in [3.63, 3.8) is 0 Å². The fourth-order valence-corrected chi connectivity index (χ4v) is 4.70. The van der Waals surface area contributed by atoms with E-state index in [9.17, 15) is 9.90 Å². The van der Waals surface area contributed by atoms with Crippen molar-refractivity contribution >= 4 is 48.3 Å². The van der Waals surface area contributed by atoms with Crippen LogP contribution in [0.25, 0.3) is 32.1 Å². The molecule has 2 aromatic carbocycles. The summed E-state index contributed by atoms with van der Waals surface area (Å²) >= 11 is 4.89. The molecule has 26 heavy (non-hydrogen) atoms. The van der Waals surface area contributed by atoms with Gasteiger partial charge in [-0.2, -0.15) is 0 Å². The van der Waals surface area contributed by atoms with Crippen molar-refractivity contribution in [2.45, 2.75) is 26.2 Å². The van der Waals surface area contributed by atoms with Gasteiger partial charge in [0.25, 0.3) is 5.56 Å². The molecule has 0 aliphatic rings. The monoisotopic (exact) mass is 427 g/mol. The van der Waals surface area contributed by atoms with Crippen LogP contribution in [0.15, 0.2) is 51.0 Å². The molecule has 0 fully saturated rings. The number of aromatic nitrogens is 1. The Labute approximate surface area is 163 Å². The Morgan fingerprint density at radius 1 is 1.19 bits per heavy atom. The molecule has 0 bridgehead atoms. The molecule has 5 heteroatoms. The van der Waals surface area contributed by atoms with Crippen LogP contribution in [0.3, 0.4) is 0 Å². The number of fused-ring (bicyclic) bond motifs is 3. The van der Waals surface area contributed by atoms with Crippen molar-refractivity contribution in [2.24, 2.45) is 0 Å². The third kappa shape index (κ3) is 2.85. The fourth-order valence-electron chi connectivity index (χ4n) is 3.39. The van der Waals surface area contributed by atoms with Gasteiger partial charge in [-0.3, -0.25) is 4.79 Å². The first-order valence-corrected chi connectivity index (χ1v) is 10.3. The predicted molar refractivity (Wildman–Crippen MR) is 113 cm³/mol. The summed E-state index contributed by atoms with van der Waals surface area (Å²) in [6.45, 7) is 2.19. The lowest BCUT2D eigenvalue weighted by molar-refractivity contribution is 0.477. The summed E-state index contributed by atoms with van der Waals surface area (Å²) in [6, 6.07) is 11.9. The first-order valence-electron chi connectivity index (χ1n) is 8.64. The summed E-state index contributed by atoms with van der Waals surface area (Å²) < 4.78 is 1.36. The molecule has 0 saturated carbocycles. The number of phenolic OH excluding ortho intramolecular Hbond substituents is 1. The fraction of sp³-hybridized carbons (Fsp3) is 0.190. The Kier molecular flexibility index (Phi) is 4.59. The highest BCUT2D eigenvalue weighted by molar-refractivity contribution is 9.10. The lowest BCUT2D eigenvalue weighted by atomic mass is 9.96. The maximum Gasteiger partial charge on any atom is 0.266 e. The number of unbranched alkanes of at least 4 members (excludes halogenated alkanes) is 1. The number of H-pyrrole nitrogens is 1. The van der Waals surface area contributed by atoms with Gasteiger partial charge in [-0.15, -0.1) is 11.3 Å². The second kappa shape index (κ2) is 6.89. The number of thiophene rings is 1. The number of pyridine rings is 1. The predicted octanol–water partition coefficient (Wildman–Crippen LogP) is 6.22. The molecule has 0 aliphatic carbocycles. The zero-order valence-electron chi connectivity index (χ0n) is 14.3. The standard InChI is InChI=1S/C21H18BrNO2S/c1-2-3-4-12-5-7-13(8-6-12)17-16(24)11-15(22)19-18(17)14-9-10-26-20(14)21(25)23-19/h5-11,24H,2-4H2,1H3,(H,23,25). The van der Waals surface area contributed by atoms with E-state index in [0.717, 1.165) is 28.3 Å². The molecular weight excluding hydrogens is 410 g/mol. The molecule has 0 unspecified atom stereocenters. The van der Waals surface area contributed by atoms with E-state index in [0.29, 0.717) is 14.7 Å². The van der Waals surface area contributed by atoms with E-state index in [4.69, 9.17) is 0 Å². The van der Waals surface area contributed by atoms with Gasteiger partial charge >= 0.3 is 0 Å². The van der Waals surface area contributed by atoms with Crippen molar-refractivity contribution in [3.05, 3.63) is 62.2 Å². The maximum atomic E-state index is 12.4. The normalized spacial score (nSPS) is 11.5. The minimum atomic E-state index is -0.102. The molecule has 0 atom stereocenters. The van der Waals surface area contributed by atoms with Crippen molar-refractivity contribution in [3.8, 4) is 16.9 Å². The van der Waals surface area contributed by atoms with Crippen LogP contribution < -0.4 is 5.56 Å². The average Bonchev–Trinajstić information content (AvgIpc) is 3.12. The summed E-state index contributed by atoms with van der Waals surface area (Å²) in [6.07, 6.45) is 3.40. The summed E-state index contributed by atoms with van der Waals surface area (Å²) in [5.41, 5.74) is 3.61. The number of rotatable bonds is 4. The van der Waals surface area contributed by atoms with Gasteiger partial charge in [-0.1, -0.05) is 37.6 Å². The topological polar surface area (TPSA) is 53.1 Å². The van der Waals surface area contributed by atoms with E-state index in [-0.39, 0.29) is 11.3 Å². The van der Waals surface area contributed by atoms with Gasteiger partial charge in [0.2, 0.25) is 0 Å². The van der Waals surface area contributed by atoms with E-state index in [1.54, 1.807) is 6.07 Å². The molecule has 3 nitrogen and oxygen atoms in total. The van der Waals surface area contributed by atoms with Crippen molar-refractivity contribution in [1.82, 2.24) is 4.98 Å². The molecule has 4 rings (SSSR count). The number of halogens is 1. The molecule has 2 N–H and O–H groups in total. The maximum absolute atomic E-state index is 12.4. The third-order valence-electron chi connectivity index (χ3n) is 4.70. The molecule has 0 aliphatic heterocycles. The van der Waals surface area contributed by atoms with Gasteiger partial charge in [0.15, 0.2) is 0 Å². The number of benzene rings is 2. The van der Waals surface area contributed by atoms with Crippen LogP contribution in [0.4, 0.5) is 0 Å². The first-order chi connectivity index (χ1) is 12.6. The second-order valence-electron chi connectivity index (χ2n) is 6.42. The number of hydrogen-bond donors (Lipinski definition) is 2. The van der Waals surface area contributed by atoms with Gasteiger partial charge < -0.3 is 10.1 Å². The van der Waals surface area contributed by atoms with Gasteiger partial charge in [-0.05, 0) is 57.4 Å². The van der Waals surface area contributed by atoms with E-state index >= 15 is 0 Å². The van der Waals surface area contributed by atoms with Crippen LogP contribution in [-0.4, -0.2) is 10.1 Å². The average molecular weight is 428 g/mol. The van der Waals surface area contributed by atoms with Crippen LogP contribution in [0.2, 0.25) is 0 Å². The molecule has 0 radical (unpaired) electrons. The van der Waals surface area contributed by atoms with Crippen LogP contribution in [0.5, 0.6) is 5.75 Å². The molecule has 2 aromatic heterocycles. The molecular formula is C21H18BrNO2S. The van der Waals surface area contributed by atoms with E-state index in [1.807, 2.05) is 11.4 Å². The third-order valence-corrected chi connectivity index (χ3v) is 6.24. The molecule has 0 spiro atoms. The van der Waals surface area contributed by atoms with Gasteiger partial charge in [-0.25, -0.2) is 0 Å². The highest BCUT2D eigenvalue weighted by Gasteiger charge is 2.17. The largest absolute Gasteiger partial charge is 0.507 e. The van der Waals surface area contributed by atoms with E-state index < -0.39 is 0 Å². The van der Waals surface area contributed by atoms with E-state index in [2.05, 4.69) is 52.1 Å². The van der Waals surface area contributed by atoms with Gasteiger partial charge in [0, 0.05) is 20.8 Å². The Hall–Kier alpha value is -2.11. The lowest BCUT2D eigenvalue weighted by Crippen LogP contribution is -2.05. The minimum absolute atomic E-state index is 0.102. The van der Waals surface area contributed by atoms with Crippen molar-refractivity contribution in [1.29, 1.82) is 0 Å². The smallest absolute Gasteiger partial charge is 0.266 e. The Morgan fingerprint density at radius 2 is 1.96 bits per heavy atom. The summed E-state index contributed by atoms with van der Waals surface area (Å²) in [5.74, 6) is 0.199. The number of aryl methyl sites for hydroxylation is 1. The lowest BCUT2D eigenvalue weighted by Gasteiger charge is -2.13. The molecule has 0 saturated heterocycles. The first kappa shape index (κ1) is 17.3. The summed E-state index contributed by atoms with van der Waals surface area (Å²) in [5, 5.41) is 14.4. The molecule has 132 valence electrons. The van der Waals surface area contributed by atoms with E-state index in [1.165, 1.54) is 29.7 Å². The number of aromatic amines is 1. The van der Waals surface area contributed by atoms with Crippen LogP contribution in [0.1, 0.15) is 25.3 Å². The number of phenols is 1. The highest BCUT2D eigenvalue weighted by Crippen LogP contribution is 2.42. The molecule has 0 amide bonds. The Morgan fingerprint density at radius 3 is 2.69 bits per heavy atom. The Balaban J connectivity index is 2.00. The zero-order valence-corrected chi connectivity index (χ0v) is 16.7. The van der Waals surface area contributed by atoms with Crippen LogP contribution in [0, 0.1) is 0 Å². The van der Waals surface area contributed by atoms with Crippen LogP contribution in [-0.2, 0) is 6.42 Å². The Bertz CT molecular complexity index is 1160. The number of nitrogens with one attached hydrogen (secondary N) is 1. The van der Waals surface area contributed by atoms with Crippen molar-refractivity contribution < 1.29 is 5.11 Å². The SMILES string of the molecule is CCCCc1ccc(-c2c(O)cc(Br)c3[nH]c(=O)c4sccc4c23)cc1.